The molecular formula is C32H52FeP2. The van der Waals surface area contributed by atoms with Gasteiger partial charge in [-0.3, -0.25) is 0 Å². The first-order valence-corrected chi connectivity index (χ1v) is 25.3. The van der Waals surface area contributed by atoms with E-state index in [1.807, 2.05) is 6.42 Å². The Labute approximate surface area is 208 Å². The van der Waals surface area contributed by atoms with Crippen molar-refractivity contribution in [3.8, 4) is 0 Å². The van der Waals surface area contributed by atoms with Crippen LogP contribution in [-0.4, -0.2) is 31.8 Å². The first-order chi connectivity index (χ1) is 16.4. The van der Waals surface area contributed by atoms with E-state index in [1.54, 1.807) is 70.4 Å². The molecule has 12 aliphatic rings. The number of rotatable bonds is 6. The molecule has 3 heteroatoms. The fourth-order valence-corrected chi connectivity index (χ4v) is 122. The molecule has 198 valence electrons. The number of hydrogen-bond donors (Lipinski definition) is 0. The standard InChI is InChI=1S/C27H47P2.C5H5.Fe/c1-26(2,3)28(27(4,5)6)21-20-22-14-13-19-25(22)29(23-15-9-7-10-16-23)24-17-11-8-12-18-24;1-2-4-5-3-1;/h13-14,19,23-24H,7-12,15-18,20-21H2,1-6H3;1-5H;. The van der Waals surface area contributed by atoms with Crippen molar-refractivity contribution in [3.63, 3.8) is 0 Å². The molecule has 0 aromatic carbocycles. The molecule has 10 aliphatic heterocycles. The second-order valence-corrected chi connectivity index (χ2v) is 50.8. The molecule has 0 aromatic heterocycles. The van der Waals surface area contributed by atoms with E-state index in [0.717, 1.165) is 4.31 Å². The summed E-state index contributed by atoms with van der Waals surface area (Å²) in [4.78, 5) is 12.2. The van der Waals surface area contributed by atoms with Crippen LogP contribution < -0.4 is 0 Å². The van der Waals surface area contributed by atoms with Gasteiger partial charge in [0, 0.05) is 0 Å². The minimum absolute atomic E-state index is 0.100. The average molecular weight is 555 g/mol. The first-order valence-electron chi connectivity index (χ1n) is 16.1. The van der Waals surface area contributed by atoms with Crippen molar-refractivity contribution in [2.75, 3.05) is 6.16 Å². The van der Waals surface area contributed by atoms with Gasteiger partial charge >= 0.3 is 209 Å². The zero-order valence-electron chi connectivity index (χ0n) is 23.5. The maximum absolute atomic E-state index is 3.33. The van der Waals surface area contributed by atoms with Crippen molar-refractivity contribution in [2.45, 2.75) is 181 Å². The summed E-state index contributed by atoms with van der Waals surface area (Å²) in [7, 11) is 0.458. The van der Waals surface area contributed by atoms with Gasteiger partial charge < -0.3 is 0 Å². The summed E-state index contributed by atoms with van der Waals surface area (Å²) >= 11 is 0. The molecule has 12 rings (SSSR count). The van der Waals surface area contributed by atoms with Gasteiger partial charge in [0.15, 0.2) is 0 Å². The van der Waals surface area contributed by atoms with Gasteiger partial charge in [-0.1, -0.05) is 0 Å². The van der Waals surface area contributed by atoms with Crippen molar-refractivity contribution in [1.29, 1.82) is 0 Å². The summed E-state index contributed by atoms with van der Waals surface area (Å²) in [5.41, 5.74) is 2.51. The Morgan fingerprint density at radius 1 is 0.629 bits per heavy atom. The Morgan fingerprint density at radius 3 is 1.46 bits per heavy atom. The molecule has 0 radical (unpaired) electrons. The van der Waals surface area contributed by atoms with Gasteiger partial charge in [0.2, 0.25) is 0 Å². The van der Waals surface area contributed by atoms with E-state index in [9.17, 15) is 0 Å². The van der Waals surface area contributed by atoms with Gasteiger partial charge in [-0.25, -0.2) is 0 Å². The van der Waals surface area contributed by atoms with Crippen molar-refractivity contribution in [1.82, 2.24) is 0 Å². The third kappa shape index (κ3) is 0.516. The van der Waals surface area contributed by atoms with Crippen molar-refractivity contribution < 1.29 is 6.51 Å². The predicted molar refractivity (Wildman–Crippen MR) is 152 cm³/mol. The van der Waals surface area contributed by atoms with Gasteiger partial charge in [0.25, 0.3) is 0 Å². The van der Waals surface area contributed by atoms with Gasteiger partial charge in [-0.05, 0) is 0 Å². The molecule has 5 atom stereocenters. The van der Waals surface area contributed by atoms with E-state index in [2.05, 4.69) is 41.5 Å². The maximum atomic E-state index is 2.62. The minimum atomic E-state index is -3.33. The fraction of sp³-hybridized carbons (Fsp3) is 1.00. The average Bonchev–Trinajstić information content (AvgIpc) is 3.75. The van der Waals surface area contributed by atoms with Crippen LogP contribution in [0, 0.1) is 0 Å². The Kier molecular flexibility index (Phi) is 1.73. The second-order valence-electron chi connectivity index (χ2n) is 20.1. The third-order valence-corrected chi connectivity index (χ3v) is 77.3. The molecular weight excluding hydrogens is 502 g/mol. The summed E-state index contributed by atoms with van der Waals surface area (Å²) in [6, 6.07) is 0. The zero-order chi connectivity index (χ0) is 23.7. The van der Waals surface area contributed by atoms with Crippen LogP contribution in [0.4, 0.5) is 0 Å². The molecule has 1 spiro atoms. The molecule has 12 fully saturated rings. The van der Waals surface area contributed by atoms with Crippen LogP contribution in [0.3, 0.4) is 0 Å². The molecule has 2 aliphatic carbocycles. The summed E-state index contributed by atoms with van der Waals surface area (Å²) in [6.45, 7) is 12.4. The third-order valence-electron chi connectivity index (χ3n) is 21.7. The van der Waals surface area contributed by atoms with E-state index in [-0.39, 0.29) is 7.92 Å². The molecule has 0 amide bonds. The van der Waals surface area contributed by atoms with E-state index in [0.29, 0.717) is 18.2 Å². The van der Waals surface area contributed by atoms with E-state index >= 15 is 0 Å². The van der Waals surface area contributed by atoms with Gasteiger partial charge in [0.1, 0.15) is 0 Å². The van der Waals surface area contributed by atoms with Crippen LogP contribution in [-0.2, 0) is 6.51 Å². The second kappa shape index (κ2) is 2.98. The SMILES string of the molecule is CC(C)(C)P(CC[C]12[CH]3[CH]4[CH]5[C]1(P(C1CCCCC1)C1CCCCC1)[Fe]43521678[CH]2[CH]1[CH]6[CH]7[CH]28)C(C)(C)C. The van der Waals surface area contributed by atoms with Crippen molar-refractivity contribution in [2.24, 2.45) is 0 Å². The summed E-state index contributed by atoms with van der Waals surface area (Å²) in [6.07, 6.45) is 19.9. The Balaban J connectivity index is 1.05. The van der Waals surface area contributed by atoms with Crippen molar-refractivity contribution >= 4 is 15.8 Å². The molecule has 10 heterocycles. The first kappa shape index (κ1) is 20.3. The molecule has 0 N–H and O–H groups in total. The number of hydrogen-bond acceptors (Lipinski definition) is 0. The monoisotopic (exact) mass is 554 g/mol. The fourth-order valence-electron chi connectivity index (χ4n) is 23.9. The van der Waals surface area contributed by atoms with Crippen LogP contribution in [0.2, 0.25) is 42.8 Å². The Bertz CT molecular complexity index is 1400. The summed E-state index contributed by atoms with van der Waals surface area (Å²) < 4.78 is 2.31. The summed E-state index contributed by atoms with van der Waals surface area (Å²) in [5.74, 6) is 0. The van der Waals surface area contributed by atoms with Gasteiger partial charge in [-0.2, -0.15) is 0 Å². The molecule has 5 unspecified atom stereocenters. The zero-order valence-corrected chi connectivity index (χ0v) is 26.4. The van der Waals surface area contributed by atoms with E-state index < -0.39 is 6.51 Å². The molecule has 0 nitrogen and oxygen atoms in total. The normalized spacial score (nSPS) is 73.9. The predicted octanol–water partition coefficient (Wildman–Crippen LogP) is 11.3. The molecule has 0 bridgehead atoms. The van der Waals surface area contributed by atoms with Crippen LogP contribution in [0.15, 0.2) is 0 Å². The topological polar surface area (TPSA) is 0 Å². The van der Waals surface area contributed by atoms with Gasteiger partial charge in [0.05, 0.1) is 0 Å². The summed E-state index contributed by atoms with van der Waals surface area (Å²) in [5, 5.41) is 1.07. The molecule has 0 aromatic rings. The Hall–Kier alpha value is 1.38. The number of fused-ring (bicyclic) bond motifs is 10. The molecule has 35 heavy (non-hydrogen) atoms. The van der Waals surface area contributed by atoms with Crippen LogP contribution >= 0.6 is 15.8 Å². The molecule has 2 saturated carbocycles. The van der Waals surface area contributed by atoms with Gasteiger partial charge in [-0.15, -0.1) is 0 Å². The van der Waals surface area contributed by atoms with Crippen LogP contribution in [0.5, 0.6) is 0 Å². The van der Waals surface area contributed by atoms with E-state index in [4.69, 9.17) is 0 Å². The Morgan fingerprint density at radius 2 is 1.09 bits per heavy atom. The molecule has 10 saturated heterocycles. The van der Waals surface area contributed by atoms with Crippen LogP contribution in [0.1, 0.15) is 112 Å². The van der Waals surface area contributed by atoms with Crippen molar-refractivity contribution in [3.05, 3.63) is 0 Å². The van der Waals surface area contributed by atoms with E-state index in [1.165, 1.54) is 53.9 Å². The quantitative estimate of drug-likeness (QED) is 0.226. The van der Waals surface area contributed by atoms with Crippen LogP contribution in [0.25, 0.3) is 0 Å².